The highest BCUT2D eigenvalue weighted by Gasteiger charge is 2.06. The summed E-state index contributed by atoms with van der Waals surface area (Å²) in [5, 5.41) is 9.62. The molecule has 0 heterocycles. The van der Waals surface area contributed by atoms with Crippen molar-refractivity contribution in [2.45, 2.75) is 18.9 Å². The predicted octanol–water partition coefficient (Wildman–Crippen LogP) is 3.36. The maximum Gasteiger partial charge on any atom is 0.158 e. The minimum atomic E-state index is -0.602. The predicted molar refractivity (Wildman–Crippen MR) is 78.9 cm³/mol. The maximum absolute atomic E-state index is 11.2. The van der Waals surface area contributed by atoms with E-state index < -0.39 is 6.10 Å². The van der Waals surface area contributed by atoms with Gasteiger partial charge in [0.25, 0.3) is 0 Å². The Bertz CT molecular complexity index is 396. The lowest BCUT2D eigenvalue weighted by molar-refractivity contribution is -0.116. The largest absolute Gasteiger partial charge is 0.392 e. The normalized spacial score (nSPS) is 13.3. The average molecular weight is 342 g/mol. The zero-order valence-corrected chi connectivity index (χ0v) is 11.6. The second kappa shape index (κ2) is 8.20. The third-order valence-electron chi connectivity index (χ3n) is 2.20. The van der Waals surface area contributed by atoms with Crippen molar-refractivity contribution in [1.29, 1.82) is 0 Å². The van der Waals surface area contributed by atoms with Crippen LogP contribution in [0.3, 0.4) is 0 Å². The first kappa shape index (κ1) is 14.1. The average Bonchev–Trinajstić information content (AvgIpc) is 2.30. The number of hydrogen-bond donors (Lipinski definition) is 1. The molecule has 0 fully saturated rings. The third kappa shape index (κ3) is 6.38. The number of allylic oxidation sites excluding steroid dienone is 1. The fourth-order valence-electron chi connectivity index (χ4n) is 1.38. The number of aliphatic hydroxyl groups is 1. The molecule has 0 bridgehead atoms. The van der Waals surface area contributed by atoms with Crippen LogP contribution in [0.1, 0.15) is 18.4 Å². The summed E-state index contributed by atoms with van der Waals surface area (Å²) >= 11 is 1.99. The van der Waals surface area contributed by atoms with Gasteiger partial charge in [0, 0.05) is 6.42 Å². The van der Waals surface area contributed by atoms with Crippen molar-refractivity contribution in [3.05, 3.63) is 52.1 Å². The molecule has 17 heavy (non-hydrogen) atoms. The smallest absolute Gasteiger partial charge is 0.158 e. The molecule has 1 unspecified atom stereocenters. The van der Waals surface area contributed by atoms with Gasteiger partial charge in [-0.1, -0.05) is 65.1 Å². The Morgan fingerprint density at radius 2 is 2.06 bits per heavy atom. The Morgan fingerprint density at radius 1 is 1.35 bits per heavy atom. The van der Waals surface area contributed by atoms with Crippen molar-refractivity contribution in [1.82, 2.24) is 0 Å². The van der Waals surface area contributed by atoms with Gasteiger partial charge in [0.15, 0.2) is 5.78 Å². The topological polar surface area (TPSA) is 37.3 Å². The summed E-state index contributed by atoms with van der Waals surface area (Å²) in [5.74, 6) is -0.0417. The molecule has 1 N–H and O–H groups in total. The highest BCUT2D eigenvalue weighted by atomic mass is 127. The molecule has 1 aromatic carbocycles. The van der Waals surface area contributed by atoms with Crippen LogP contribution >= 0.6 is 22.6 Å². The highest BCUT2D eigenvalue weighted by Crippen LogP contribution is 2.06. The van der Waals surface area contributed by atoms with Crippen molar-refractivity contribution in [2.24, 2.45) is 0 Å². The minimum absolute atomic E-state index is 0.0417. The molecular formula is C14H15IO2. The van der Waals surface area contributed by atoms with Crippen molar-refractivity contribution in [3.63, 3.8) is 0 Å². The first-order valence-electron chi connectivity index (χ1n) is 5.41. The fourth-order valence-corrected chi connectivity index (χ4v) is 1.78. The lowest BCUT2D eigenvalue weighted by Crippen LogP contribution is -2.10. The summed E-state index contributed by atoms with van der Waals surface area (Å²) in [5.41, 5.74) is 1.10. The molecule has 1 rings (SSSR count). The molecule has 0 saturated carbocycles. The van der Waals surface area contributed by atoms with Gasteiger partial charge in [-0.15, -0.1) is 0 Å². The summed E-state index contributed by atoms with van der Waals surface area (Å²) < 4.78 is 1.66. The van der Waals surface area contributed by atoms with Crippen molar-refractivity contribution < 1.29 is 9.90 Å². The van der Waals surface area contributed by atoms with E-state index in [2.05, 4.69) is 0 Å². The monoisotopic (exact) mass is 342 g/mol. The number of halogens is 1. The van der Waals surface area contributed by atoms with E-state index >= 15 is 0 Å². The number of carbonyl (C=O) groups excluding carboxylic acids is 1. The Morgan fingerprint density at radius 3 is 2.71 bits per heavy atom. The van der Waals surface area contributed by atoms with Crippen LogP contribution in [-0.2, 0) is 4.79 Å². The zero-order chi connectivity index (χ0) is 12.5. The molecule has 1 atom stereocenters. The highest BCUT2D eigenvalue weighted by molar-refractivity contribution is 14.1. The molecular weight excluding hydrogens is 327 g/mol. The molecule has 0 aliphatic rings. The minimum Gasteiger partial charge on any atom is -0.392 e. The molecule has 1 aromatic rings. The summed E-state index contributed by atoms with van der Waals surface area (Å²) in [6.07, 6.45) is 5.39. The lowest BCUT2D eigenvalue weighted by atomic mass is 10.1. The molecule has 2 nitrogen and oxygen atoms in total. The van der Waals surface area contributed by atoms with E-state index in [0.717, 1.165) is 5.56 Å². The van der Waals surface area contributed by atoms with Crippen LogP contribution in [0, 0.1) is 0 Å². The molecule has 0 amide bonds. The van der Waals surface area contributed by atoms with Gasteiger partial charge in [0.05, 0.1) is 6.10 Å². The van der Waals surface area contributed by atoms with Crippen molar-refractivity contribution >= 4 is 34.5 Å². The quantitative estimate of drug-likeness (QED) is 0.636. The molecule has 0 aliphatic heterocycles. The Hall–Kier alpha value is -0.940. The second-order valence-corrected chi connectivity index (χ2v) is 4.38. The van der Waals surface area contributed by atoms with Gasteiger partial charge in [0.1, 0.15) is 0 Å². The number of carbonyl (C=O) groups is 1. The van der Waals surface area contributed by atoms with Crippen LogP contribution in [0.2, 0.25) is 0 Å². The standard InChI is InChI=1S/C14H15IO2/c15-10-9-14(17)11-13(16)8-4-7-12-5-2-1-3-6-12/h1-7,9-10,13,16H,8,11H2/b7-4+,10-9+. The molecule has 0 aliphatic carbocycles. The first-order valence-corrected chi connectivity index (χ1v) is 6.66. The van der Waals surface area contributed by atoms with E-state index in [1.807, 2.05) is 65.1 Å². The van der Waals surface area contributed by atoms with Crippen LogP contribution in [-0.4, -0.2) is 17.0 Å². The molecule has 0 radical (unpaired) electrons. The van der Waals surface area contributed by atoms with E-state index in [0.29, 0.717) is 6.42 Å². The summed E-state index contributed by atoms with van der Waals surface area (Å²) in [6, 6.07) is 9.87. The van der Waals surface area contributed by atoms with E-state index in [1.165, 1.54) is 6.08 Å². The van der Waals surface area contributed by atoms with Gasteiger partial charge in [-0.2, -0.15) is 0 Å². The fraction of sp³-hybridized carbons (Fsp3) is 0.214. The van der Waals surface area contributed by atoms with E-state index in [-0.39, 0.29) is 12.2 Å². The Labute approximate surface area is 115 Å². The third-order valence-corrected chi connectivity index (χ3v) is 2.56. The first-order chi connectivity index (χ1) is 8.22. The number of rotatable bonds is 6. The number of benzene rings is 1. The summed E-state index contributed by atoms with van der Waals surface area (Å²) in [4.78, 5) is 11.2. The molecule has 90 valence electrons. The number of ketones is 1. The van der Waals surface area contributed by atoms with Gasteiger partial charge in [0.2, 0.25) is 0 Å². The van der Waals surface area contributed by atoms with Crippen LogP contribution in [0.25, 0.3) is 6.08 Å². The summed E-state index contributed by atoms with van der Waals surface area (Å²) in [6.45, 7) is 0. The lowest BCUT2D eigenvalue weighted by Gasteiger charge is -2.04. The van der Waals surface area contributed by atoms with Crippen molar-refractivity contribution in [3.8, 4) is 0 Å². The number of hydrogen-bond acceptors (Lipinski definition) is 2. The van der Waals surface area contributed by atoms with E-state index in [9.17, 15) is 9.90 Å². The maximum atomic E-state index is 11.2. The molecule has 0 saturated heterocycles. The van der Waals surface area contributed by atoms with Crippen molar-refractivity contribution in [2.75, 3.05) is 0 Å². The van der Waals surface area contributed by atoms with Gasteiger partial charge < -0.3 is 5.11 Å². The van der Waals surface area contributed by atoms with Crippen LogP contribution < -0.4 is 0 Å². The van der Waals surface area contributed by atoms with Crippen LogP contribution in [0.15, 0.2) is 46.6 Å². The second-order valence-electron chi connectivity index (χ2n) is 3.67. The van der Waals surface area contributed by atoms with Crippen LogP contribution in [0.5, 0.6) is 0 Å². The summed E-state index contributed by atoms with van der Waals surface area (Å²) in [7, 11) is 0. The molecule has 3 heteroatoms. The SMILES string of the molecule is O=C(/C=C/I)CC(O)C/C=C/c1ccccc1. The van der Waals surface area contributed by atoms with Gasteiger partial charge >= 0.3 is 0 Å². The van der Waals surface area contributed by atoms with E-state index in [4.69, 9.17) is 0 Å². The van der Waals surface area contributed by atoms with Gasteiger partial charge in [-0.25, -0.2) is 0 Å². The Balaban J connectivity index is 2.35. The van der Waals surface area contributed by atoms with E-state index in [1.54, 1.807) is 4.08 Å². The zero-order valence-electron chi connectivity index (χ0n) is 9.42. The Kier molecular flexibility index (Phi) is 6.81. The number of aliphatic hydroxyl groups excluding tert-OH is 1. The van der Waals surface area contributed by atoms with Crippen LogP contribution in [0.4, 0.5) is 0 Å². The molecule has 0 spiro atoms. The van der Waals surface area contributed by atoms with Gasteiger partial charge in [-0.05, 0) is 22.1 Å². The molecule has 0 aromatic heterocycles. The van der Waals surface area contributed by atoms with Gasteiger partial charge in [-0.3, -0.25) is 4.79 Å².